The van der Waals surface area contributed by atoms with E-state index < -0.39 is 0 Å². The molecule has 2 rings (SSSR count). The summed E-state index contributed by atoms with van der Waals surface area (Å²) < 4.78 is 5.70. The van der Waals surface area contributed by atoms with E-state index in [1.165, 1.54) is 0 Å². The summed E-state index contributed by atoms with van der Waals surface area (Å²) in [7, 11) is 0. The molecule has 2 aromatic carbocycles. The molecule has 146 valence electrons. The van der Waals surface area contributed by atoms with Gasteiger partial charge in [-0.1, -0.05) is 48.5 Å². The van der Waals surface area contributed by atoms with Crippen molar-refractivity contribution in [2.24, 2.45) is 4.99 Å². The second kappa shape index (κ2) is 12.8. The molecule has 0 spiro atoms. The maximum Gasteiger partial charge on any atom is 0.191 e. The van der Waals surface area contributed by atoms with Gasteiger partial charge in [0.1, 0.15) is 5.75 Å². The molecule has 27 heavy (non-hydrogen) atoms. The van der Waals surface area contributed by atoms with E-state index in [4.69, 9.17) is 4.74 Å². The molecule has 5 heteroatoms. The number of unbranched alkanes of at least 4 members (excludes halogenated alkanes) is 1. The van der Waals surface area contributed by atoms with Crippen LogP contribution in [0.25, 0.3) is 0 Å². The minimum absolute atomic E-state index is 0.0147. The van der Waals surface area contributed by atoms with Crippen molar-refractivity contribution in [1.29, 1.82) is 0 Å². The van der Waals surface area contributed by atoms with Crippen molar-refractivity contribution in [3.8, 4) is 5.75 Å². The van der Waals surface area contributed by atoms with Crippen LogP contribution in [-0.4, -0.2) is 43.9 Å². The largest absolute Gasteiger partial charge is 0.494 e. The average Bonchev–Trinajstić information content (AvgIpc) is 2.72. The molecule has 3 N–H and O–H groups in total. The molecule has 0 aliphatic heterocycles. The summed E-state index contributed by atoms with van der Waals surface area (Å²) in [5, 5.41) is 16.3. The van der Waals surface area contributed by atoms with Crippen LogP contribution in [0.4, 0.5) is 0 Å². The molecule has 0 bridgehead atoms. The lowest BCUT2D eigenvalue weighted by atomic mass is 10.0. The molecule has 0 aliphatic carbocycles. The van der Waals surface area contributed by atoms with Gasteiger partial charge in [0.05, 0.1) is 19.8 Å². The monoisotopic (exact) mass is 369 g/mol. The highest BCUT2D eigenvalue weighted by Gasteiger charge is 2.09. The van der Waals surface area contributed by atoms with Crippen molar-refractivity contribution >= 4 is 5.96 Å². The van der Waals surface area contributed by atoms with Gasteiger partial charge in [-0.15, -0.1) is 0 Å². The molecule has 0 aliphatic rings. The smallest absolute Gasteiger partial charge is 0.191 e. The summed E-state index contributed by atoms with van der Waals surface area (Å²) in [4.78, 5) is 4.63. The third kappa shape index (κ3) is 8.13. The highest BCUT2D eigenvalue weighted by atomic mass is 16.5. The molecular weight excluding hydrogens is 338 g/mol. The number of aliphatic imine (C=N–C) groups is 1. The number of benzene rings is 2. The van der Waals surface area contributed by atoms with Crippen LogP contribution in [0, 0.1) is 0 Å². The van der Waals surface area contributed by atoms with Crippen LogP contribution in [0.5, 0.6) is 5.75 Å². The standard InChI is InChI=1S/C22H31N3O2/c1-2-23-22(25-17-20(18-26)19-11-5-3-6-12-19)24-15-9-10-16-27-21-13-7-4-8-14-21/h3-8,11-14,20,26H,2,9-10,15-18H2,1H3,(H2,23,24,25). The Bertz CT molecular complexity index is 647. The molecule has 0 aromatic heterocycles. The van der Waals surface area contributed by atoms with E-state index >= 15 is 0 Å². The fourth-order valence-electron chi connectivity index (χ4n) is 2.68. The Kier molecular flexibility index (Phi) is 9.82. The Balaban J connectivity index is 1.71. The van der Waals surface area contributed by atoms with Crippen LogP contribution in [0.1, 0.15) is 31.2 Å². The summed E-state index contributed by atoms with van der Waals surface area (Å²) in [5.74, 6) is 1.72. The van der Waals surface area contributed by atoms with Gasteiger partial charge in [0.25, 0.3) is 0 Å². The van der Waals surface area contributed by atoms with Gasteiger partial charge in [-0.2, -0.15) is 0 Å². The number of aliphatic hydroxyl groups excluding tert-OH is 1. The van der Waals surface area contributed by atoms with Gasteiger partial charge < -0.3 is 20.5 Å². The first-order chi connectivity index (χ1) is 13.3. The lowest BCUT2D eigenvalue weighted by molar-refractivity contribution is 0.268. The van der Waals surface area contributed by atoms with E-state index in [-0.39, 0.29) is 12.5 Å². The van der Waals surface area contributed by atoms with E-state index in [9.17, 15) is 5.11 Å². The highest BCUT2D eigenvalue weighted by Crippen LogP contribution is 2.14. The molecule has 2 aromatic rings. The summed E-state index contributed by atoms with van der Waals surface area (Å²) in [6.45, 7) is 5.03. The van der Waals surface area contributed by atoms with E-state index in [1.54, 1.807) is 0 Å². The number of ether oxygens (including phenoxy) is 1. The number of nitrogens with one attached hydrogen (secondary N) is 2. The fraction of sp³-hybridized carbons (Fsp3) is 0.409. The molecular formula is C22H31N3O2. The minimum Gasteiger partial charge on any atom is -0.494 e. The zero-order valence-corrected chi connectivity index (χ0v) is 16.1. The molecule has 0 radical (unpaired) electrons. The molecule has 0 amide bonds. The number of rotatable bonds is 11. The summed E-state index contributed by atoms with van der Waals surface area (Å²) in [5.41, 5.74) is 1.11. The van der Waals surface area contributed by atoms with E-state index in [0.29, 0.717) is 13.2 Å². The Labute approximate surface area is 162 Å². The van der Waals surface area contributed by atoms with Crippen LogP contribution in [0.3, 0.4) is 0 Å². The number of para-hydroxylation sites is 1. The van der Waals surface area contributed by atoms with E-state index in [2.05, 4.69) is 15.6 Å². The maximum atomic E-state index is 9.67. The van der Waals surface area contributed by atoms with Crippen molar-refractivity contribution in [2.75, 3.05) is 32.8 Å². The Morgan fingerprint density at radius 1 is 1.00 bits per heavy atom. The zero-order chi connectivity index (χ0) is 19.2. The molecule has 0 fully saturated rings. The Morgan fingerprint density at radius 2 is 1.70 bits per heavy atom. The van der Waals surface area contributed by atoms with Crippen LogP contribution in [-0.2, 0) is 0 Å². The highest BCUT2D eigenvalue weighted by molar-refractivity contribution is 5.79. The first kappa shape index (κ1) is 20.8. The van der Waals surface area contributed by atoms with Gasteiger partial charge in [0.2, 0.25) is 0 Å². The normalized spacial score (nSPS) is 12.4. The van der Waals surface area contributed by atoms with Crippen molar-refractivity contribution in [3.63, 3.8) is 0 Å². The third-order valence-corrected chi connectivity index (χ3v) is 4.18. The first-order valence-corrected chi connectivity index (χ1v) is 9.69. The minimum atomic E-state index is 0.0147. The number of hydrogen-bond acceptors (Lipinski definition) is 3. The number of aliphatic hydroxyl groups is 1. The molecule has 1 atom stereocenters. The van der Waals surface area contributed by atoms with Crippen molar-refractivity contribution in [3.05, 3.63) is 66.2 Å². The summed E-state index contributed by atoms with van der Waals surface area (Å²) in [6.07, 6.45) is 1.98. The SMILES string of the molecule is CCNC(=NCC(CO)c1ccccc1)NCCCCOc1ccccc1. The number of hydrogen-bond donors (Lipinski definition) is 3. The quantitative estimate of drug-likeness (QED) is 0.323. The molecule has 0 saturated carbocycles. The van der Waals surface area contributed by atoms with Crippen molar-refractivity contribution < 1.29 is 9.84 Å². The average molecular weight is 370 g/mol. The second-order valence-electron chi connectivity index (χ2n) is 6.31. The Hall–Kier alpha value is -2.53. The topological polar surface area (TPSA) is 65.9 Å². The second-order valence-corrected chi connectivity index (χ2v) is 6.31. The summed E-state index contributed by atoms with van der Waals surface area (Å²) >= 11 is 0. The van der Waals surface area contributed by atoms with Crippen molar-refractivity contribution in [2.45, 2.75) is 25.7 Å². The number of guanidine groups is 1. The van der Waals surface area contributed by atoms with Gasteiger partial charge in [-0.25, -0.2) is 0 Å². The predicted molar refractivity (Wildman–Crippen MR) is 111 cm³/mol. The van der Waals surface area contributed by atoms with E-state index in [0.717, 1.165) is 43.2 Å². The van der Waals surface area contributed by atoms with Gasteiger partial charge in [-0.05, 0) is 37.5 Å². The molecule has 0 heterocycles. The third-order valence-electron chi connectivity index (χ3n) is 4.18. The van der Waals surface area contributed by atoms with Gasteiger partial charge in [0.15, 0.2) is 5.96 Å². The fourth-order valence-corrected chi connectivity index (χ4v) is 2.68. The maximum absolute atomic E-state index is 9.67. The lowest BCUT2D eigenvalue weighted by Crippen LogP contribution is -2.38. The van der Waals surface area contributed by atoms with E-state index in [1.807, 2.05) is 67.6 Å². The van der Waals surface area contributed by atoms with Crippen molar-refractivity contribution in [1.82, 2.24) is 10.6 Å². The van der Waals surface area contributed by atoms with Crippen LogP contribution in [0.2, 0.25) is 0 Å². The first-order valence-electron chi connectivity index (χ1n) is 9.69. The molecule has 0 saturated heterocycles. The predicted octanol–water partition coefficient (Wildman–Crippen LogP) is 3.18. The Morgan fingerprint density at radius 3 is 2.37 bits per heavy atom. The summed E-state index contributed by atoms with van der Waals surface area (Å²) in [6, 6.07) is 19.9. The molecule has 5 nitrogen and oxygen atoms in total. The van der Waals surface area contributed by atoms with Gasteiger partial charge >= 0.3 is 0 Å². The zero-order valence-electron chi connectivity index (χ0n) is 16.1. The molecule has 1 unspecified atom stereocenters. The van der Waals surface area contributed by atoms with Gasteiger partial charge in [-0.3, -0.25) is 4.99 Å². The van der Waals surface area contributed by atoms with Crippen LogP contribution < -0.4 is 15.4 Å². The number of nitrogens with zero attached hydrogens (tertiary/aromatic N) is 1. The lowest BCUT2D eigenvalue weighted by Gasteiger charge is -2.15. The van der Waals surface area contributed by atoms with Crippen LogP contribution >= 0.6 is 0 Å². The van der Waals surface area contributed by atoms with Gasteiger partial charge in [0, 0.05) is 19.0 Å². The van der Waals surface area contributed by atoms with Crippen LogP contribution in [0.15, 0.2) is 65.7 Å².